The number of benzene rings is 3. The Labute approximate surface area is 189 Å². The van der Waals surface area contributed by atoms with E-state index in [-0.39, 0.29) is 23.8 Å². The van der Waals surface area contributed by atoms with E-state index >= 15 is 0 Å². The van der Waals surface area contributed by atoms with Crippen LogP contribution in [-0.4, -0.2) is 20.9 Å². The Bertz CT molecular complexity index is 1200. The lowest BCUT2D eigenvalue weighted by molar-refractivity contribution is -0.116. The molecule has 168 valence electrons. The van der Waals surface area contributed by atoms with Crippen molar-refractivity contribution in [2.45, 2.75) is 39.0 Å². The van der Waals surface area contributed by atoms with E-state index in [0.717, 1.165) is 28.0 Å². The molecule has 0 atom stereocenters. The standard InChI is InChI=1S/C25H28N2O4S/c1-17-8-13-23(20(4)16-17)31-15-14-24(28)26-21-9-11-22(12-10-21)32(29,30)27-25-18(2)6-5-7-19(25)3/h5-13,16,27H,14-15H2,1-4H3,(H,26,28). The normalized spacial score (nSPS) is 11.1. The van der Waals surface area contributed by atoms with Gasteiger partial charge in [-0.1, -0.05) is 35.9 Å². The summed E-state index contributed by atoms with van der Waals surface area (Å²) in [5, 5.41) is 2.76. The molecule has 0 aliphatic carbocycles. The molecule has 0 spiro atoms. The Kier molecular flexibility index (Phi) is 7.20. The van der Waals surface area contributed by atoms with Crippen molar-refractivity contribution in [3.8, 4) is 5.75 Å². The lowest BCUT2D eigenvalue weighted by Crippen LogP contribution is -2.16. The average molecular weight is 453 g/mol. The molecule has 3 aromatic rings. The van der Waals surface area contributed by atoms with Crippen molar-refractivity contribution >= 4 is 27.3 Å². The van der Waals surface area contributed by atoms with Crippen LogP contribution in [0.2, 0.25) is 0 Å². The van der Waals surface area contributed by atoms with Gasteiger partial charge in [-0.3, -0.25) is 9.52 Å². The van der Waals surface area contributed by atoms with Crippen LogP contribution >= 0.6 is 0 Å². The van der Waals surface area contributed by atoms with E-state index in [1.165, 1.54) is 12.1 Å². The monoisotopic (exact) mass is 452 g/mol. The molecule has 0 aromatic heterocycles. The van der Waals surface area contributed by atoms with E-state index in [2.05, 4.69) is 10.0 Å². The zero-order chi connectivity index (χ0) is 23.3. The summed E-state index contributed by atoms with van der Waals surface area (Å²) in [4.78, 5) is 12.3. The van der Waals surface area contributed by atoms with Gasteiger partial charge in [0.1, 0.15) is 5.75 Å². The predicted molar refractivity (Wildman–Crippen MR) is 128 cm³/mol. The van der Waals surface area contributed by atoms with E-state index < -0.39 is 10.0 Å². The molecular formula is C25H28N2O4S. The number of nitrogens with one attached hydrogen (secondary N) is 2. The fraction of sp³-hybridized carbons (Fsp3) is 0.240. The predicted octanol–water partition coefficient (Wildman–Crippen LogP) is 5.13. The number of rotatable bonds is 8. The van der Waals surface area contributed by atoms with Crippen molar-refractivity contribution < 1.29 is 17.9 Å². The summed E-state index contributed by atoms with van der Waals surface area (Å²) in [7, 11) is -3.74. The summed E-state index contributed by atoms with van der Waals surface area (Å²) in [5.41, 5.74) is 4.97. The van der Waals surface area contributed by atoms with Gasteiger partial charge in [0.15, 0.2) is 0 Å². The molecule has 6 nitrogen and oxygen atoms in total. The van der Waals surface area contributed by atoms with Gasteiger partial charge in [-0.25, -0.2) is 8.42 Å². The highest BCUT2D eigenvalue weighted by molar-refractivity contribution is 7.92. The van der Waals surface area contributed by atoms with Gasteiger partial charge in [0, 0.05) is 5.69 Å². The third kappa shape index (κ3) is 5.88. The second-order valence-corrected chi connectivity index (χ2v) is 9.49. The van der Waals surface area contributed by atoms with Crippen LogP contribution in [0.15, 0.2) is 65.6 Å². The molecule has 0 unspecified atom stereocenters. The van der Waals surface area contributed by atoms with Gasteiger partial charge in [-0.15, -0.1) is 0 Å². The highest BCUT2D eigenvalue weighted by Crippen LogP contribution is 2.24. The Morgan fingerprint density at radius 1 is 0.875 bits per heavy atom. The minimum absolute atomic E-state index is 0.122. The molecule has 32 heavy (non-hydrogen) atoms. The Hall–Kier alpha value is -3.32. The number of sulfonamides is 1. The largest absolute Gasteiger partial charge is 0.493 e. The lowest BCUT2D eigenvalue weighted by atomic mass is 10.1. The number of para-hydroxylation sites is 1. The van der Waals surface area contributed by atoms with Crippen molar-refractivity contribution in [2.24, 2.45) is 0 Å². The summed E-state index contributed by atoms with van der Waals surface area (Å²) in [5.74, 6) is 0.549. The molecule has 7 heteroatoms. The van der Waals surface area contributed by atoms with Crippen molar-refractivity contribution in [1.29, 1.82) is 0 Å². The second kappa shape index (κ2) is 9.87. The van der Waals surface area contributed by atoms with Gasteiger partial charge in [0.25, 0.3) is 10.0 Å². The van der Waals surface area contributed by atoms with Crippen LogP contribution in [0.3, 0.4) is 0 Å². The van der Waals surface area contributed by atoms with Crippen LogP contribution in [0, 0.1) is 27.7 Å². The van der Waals surface area contributed by atoms with Crippen molar-refractivity contribution in [3.63, 3.8) is 0 Å². The van der Waals surface area contributed by atoms with Gasteiger partial charge in [0.2, 0.25) is 5.91 Å². The van der Waals surface area contributed by atoms with Gasteiger partial charge < -0.3 is 10.1 Å². The van der Waals surface area contributed by atoms with Gasteiger partial charge in [-0.05, 0) is 74.7 Å². The quantitative estimate of drug-likeness (QED) is 0.496. The smallest absolute Gasteiger partial charge is 0.261 e. The second-order valence-electron chi connectivity index (χ2n) is 7.81. The van der Waals surface area contributed by atoms with E-state index in [1.807, 2.05) is 64.1 Å². The van der Waals surface area contributed by atoms with Gasteiger partial charge in [0.05, 0.1) is 23.6 Å². The average Bonchev–Trinajstić information content (AvgIpc) is 2.73. The maximum absolute atomic E-state index is 12.7. The van der Waals surface area contributed by atoms with Gasteiger partial charge in [-0.2, -0.15) is 0 Å². The molecule has 0 radical (unpaired) electrons. The number of carbonyl (C=O) groups excluding carboxylic acids is 1. The number of amides is 1. The van der Waals surface area contributed by atoms with Crippen molar-refractivity contribution in [1.82, 2.24) is 0 Å². The maximum Gasteiger partial charge on any atom is 0.261 e. The first kappa shape index (κ1) is 23.3. The van der Waals surface area contributed by atoms with Crippen molar-refractivity contribution in [3.05, 3.63) is 82.9 Å². The third-order valence-corrected chi connectivity index (χ3v) is 6.45. The number of hydrogen-bond acceptors (Lipinski definition) is 4. The van der Waals surface area contributed by atoms with Crippen LogP contribution in [0.1, 0.15) is 28.7 Å². The molecule has 1 amide bonds. The molecule has 0 saturated heterocycles. The topological polar surface area (TPSA) is 84.5 Å². The van der Waals surface area contributed by atoms with E-state index in [9.17, 15) is 13.2 Å². The van der Waals surface area contributed by atoms with Crippen LogP contribution < -0.4 is 14.8 Å². The summed E-state index contributed by atoms with van der Waals surface area (Å²) in [6.45, 7) is 7.94. The molecule has 0 aliphatic rings. The van der Waals surface area contributed by atoms with Crippen molar-refractivity contribution in [2.75, 3.05) is 16.6 Å². The number of aryl methyl sites for hydroxylation is 4. The summed E-state index contributed by atoms with van der Waals surface area (Å²) in [6.07, 6.45) is 0.182. The first-order chi connectivity index (χ1) is 15.2. The molecule has 3 aromatic carbocycles. The zero-order valence-corrected chi connectivity index (χ0v) is 19.5. The maximum atomic E-state index is 12.7. The molecule has 0 fully saturated rings. The van der Waals surface area contributed by atoms with E-state index in [1.54, 1.807) is 12.1 Å². The number of anilines is 2. The van der Waals surface area contributed by atoms with Crippen LogP contribution in [0.25, 0.3) is 0 Å². The van der Waals surface area contributed by atoms with E-state index in [4.69, 9.17) is 4.74 Å². The molecule has 3 rings (SSSR count). The summed E-state index contributed by atoms with van der Waals surface area (Å²) >= 11 is 0. The summed E-state index contributed by atoms with van der Waals surface area (Å²) < 4.78 is 33.8. The fourth-order valence-corrected chi connectivity index (χ4v) is 4.53. The van der Waals surface area contributed by atoms with Crippen LogP contribution in [0.4, 0.5) is 11.4 Å². The number of ether oxygens (including phenoxy) is 1. The first-order valence-corrected chi connectivity index (χ1v) is 11.8. The zero-order valence-electron chi connectivity index (χ0n) is 18.7. The SMILES string of the molecule is Cc1ccc(OCCC(=O)Nc2ccc(S(=O)(=O)Nc3c(C)cccc3C)cc2)c(C)c1. The Morgan fingerprint density at radius 3 is 2.16 bits per heavy atom. The molecule has 2 N–H and O–H groups in total. The Morgan fingerprint density at radius 2 is 1.53 bits per heavy atom. The van der Waals surface area contributed by atoms with Gasteiger partial charge >= 0.3 is 0 Å². The summed E-state index contributed by atoms with van der Waals surface area (Å²) in [6, 6.07) is 17.6. The fourth-order valence-electron chi connectivity index (χ4n) is 3.32. The highest BCUT2D eigenvalue weighted by atomic mass is 32.2. The number of carbonyl (C=O) groups is 1. The number of hydrogen-bond donors (Lipinski definition) is 2. The van der Waals surface area contributed by atoms with E-state index in [0.29, 0.717) is 11.4 Å². The van der Waals surface area contributed by atoms with Crippen LogP contribution in [-0.2, 0) is 14.8 Å². The minimum atomic E-state index is -3.74. The minimum Gasteiger partial charge on any atom is -0.493 e. The molecule has 0 saturated carbocycles. The molecule has 0 heterocycles. The lowest BCUT2D eigenvalue weighted by Gasteiger charge is -2.13. The first-order valence-electron chi connectivity index (χ1n) is 10.3. The third-order valence-electron chi connectivity index (χ3n) is 5.08. The highest BCUT2D eigenvalue weighted by Gasteiger charge is 2.16. The molecule has 0 bridgehead atoms. The molecule has 0 aliphatic heterocycles. The van der Waals surface area contributed by atoms with Crippen LogP contribution in [0.5, 0.6) is 5.75 Å². The molecular weight excluding hydrogens is 424 g/mol. The Balaban J connectivity index is 1.57.